The molecule has 0 amide bonds. The number of hydrogen-bond acceptors (Lipinski definition) is 1. The summed E-state index contributed by atoms with van der Waals surface area (Å²) in [6.45, 7) is 1.14. The van der Waals surface area contributed by atoms with E-state index in [0.29, 0.717) is 0 Å². The first-order valence-electron chi connectivity index (χ1n) is 2.71. The van der Waals surface area contributed by atoms with E-state index in [1.54, 1.807) is 0 Å². The summed E-state index contributed by atoms with van der Waals surface area (Å²) in [5.74, 6) is 0. The average molecular weight is 114 g/mol. The molecule has 0 atom stereocenters. The molecule has 0 rings (SSSR count). The predicted octanol–water partition coefficient (Wildman–Crippen LogP) is 0.573. The van der Waals surface area contributed by atoms with Crippen LogP contribution in [-0.2, 0) is 0 Å². The van der Waals surface area contributed by atoms with Gasteiger partial charge in [-0.05, 0) is 20.0 Å². The van der Waals surface area contributed by atoms with Crippen LogP contribution >= 0.6 is 0 Å². The minimum absolute atomic E-state index is 1.13. The lowest BCUT2D eigenvalue weighted by atomic mass is 10.3. The summed E-state index contributed by atoms with van der Waals surface area (Å²) < 4.78 is 0. The van der Waals surface area contributed by atoms with Crippen molar-refractivity contribution in [3.63, 3.8) is 0 Å². The lowest BCUT2D eigenvalue weighted by Crippen LogP contribution is -2.06. The Balaban J connectivity index is 2.45. The van der Waals surface area contributed by atoms with Gasteiger partial charge in [0.25, 0.3) is 0 Å². The van der Waals surface area contributed by atoms with E-state index in [1.807, 2.05) is 7.05 Å². The average Bonchev–Trinajstić information content (AvgIpc) is 1.69. The molecule has 0 heterocycles. The van der Waals surface area contributed by atoms with Crippen molar-refractivity contribution >= 4 is 10.2 Å². The van der Waals surface area contributed by atoms with Crippen LogP contribution in [0.1, 0.15) is 12.8 Å². The Morgan fingerprint density at radius 2 is 2.14 bits per heavy atom. The van der Waals surface area contributed by atoms with Crippen LogP contribution in [-0.4, -0.2) is 23.8 Å². The van der Waals surface area contributed by atoms with E-state index >= 15 is 0 Å². The zero-order valence-electron chi connectivity index (χ0n) is 4.83. The minimum Gasteiger partial charge on any atom is -0.320 e. The monoisotopic (exact) mass is 114 g/mol. The molecule has 2 heteroatoms. The molecule has 0 bridgehead atoms. The first-order chi connectivity index (χ1) is 3.41. The largest absolute Gasteiger partial charge is 0.320 e. The van der Waals surface area contributed by atoms with Gasteiger partial charge in [0.05, 0.1) is 0 Å². The van der Waals surface area contributed by atoms with Crippen LogP contribution in [0.2, 0.25) is 6.04 Å². The zero-order chi connectivity index (χ0) is 5.54. The van der Waals surface area contributed by atoms with Crippen LogP contribution in [0.25, 0.3) is 0 Å². The van der Waals surface area contributed by atoms with Gasteiger partial charge in [-0.25, -0.2) is 0 Å². The van der Waals surface area contributed by atoms with Crippen LogP contribution in [0.4, 0.5) is 0 Å². The highest BCUT2D eigenvalue weighted by molar-refractivity contribution is 6.08. The number of nitrogens with one attached hydrogen (secondary N) is 1. The fraction of sp³-hybridized carbons (Fsp3) is 1.00. The van der Waals surface area contributed by atoms with E-state index in [2.05, 4.69) is 15.6 Å². The Kier molecular flexibility index (Phi) is 6.33. The summed E-state index contributed by atoms with van der Waals surface area (Å²) in [7, 11) is 5.37. The van der Waals surface area contributed by atoms with Gasteiger partial charge in [-0.15, -0.1) is 0 Å². The fourth-order valence-electron chi connectivity index (χ4n) is 0.427. The molecule has 0 aromatic heterocycles. The maximum Gasteiger partial charge on any atom is 0.0222 e. The molecule has 0 saturated carbocycles. The summed E-state index contributed by atoms with van der Waals surface area (Å²) >= 11 is 0. The van der Waals surface area contributed by atoms with Crippen molar-refractivity contribution < 1.29 is 0 Å². The van der Waals surface area contributed by atoms with Gasteiger partial charge in [-0.1, -0.05) is 12.5 Å². The van der Waals surface area contributed by atoms with E-state index in [-0.39, 0.29) is 0 Å². The second kappa shape index (κ2) is 6.18. The highest BCUT2D eigenvalue weighted by atomic mass is 28.1. The Labute approximate surface area is 48.9 Å². The maximum absolute atomic E-state index is 3.39. The molecule has 41 valence electrons. The van der Waals surface area contributed by atoms with Crippen LogP contribution < -0.4 is 5.32 Å². The Bertz CT molecular complexity index is 27.3. The van der Waals surface area contributed by atoms with Gasteiger partial charge in [0, 0.05) is 10.2 Å². The molecule has 1 nitrogen and oxygen atoms in total. The van der Waals surface area contributed by atoms with Crippen LogP contribution in [0.3, 0.4) is 0 Å². The summed E-state index contributed by atoms with van der Waals surface area (Å²) in [6.07, 6.45) is 2.55. The van der Waals surface area contributed by atoms with Crippen molar-refractivity contribution in [3.8, 4) is 0 Å². The summed E-state index contributed by atoms with van der Waals surface area (Å²) in [6, 6.07) is 1.13. The molecule has 0 aliphatic carbocycles. The van der Waals surface area contributed by atoms with Gasteiger partial charge >= 0.3 is 0 Å². The van der Waals surface area contributed by atoms with E-state index in [1.165, 1.54) is 12.8 Å². The van der Waals surface area contributed by atoms with E-state index < -0.39 is 0 Å². The van der Waals surface area contributed by atoms with Crippen LogP contribution in [0.15, 0.2) is 0 Å². The Morgan fingerprint density at radius 1 is 1.43 bits per heavy atom. The smallest absolute Gasteiger partial charge is 0.0222 e. The van der Waals surface area contributed by atoms with Gasteiger partial charge in [0.2, 0.25) is 0 Å². The molecule has 0 saturated heterocycles. The summed E-state index contributed by atoms with van der Waals surface area (Å²) in [4.78, 5) is 0. The van der Waals surface area contributed by atoms with Crippen molar-refractivity contribution in [3.05, 3.63) is 0 Å². The highest BCUT2D eigenvalue weighted by Crippen LogP contribution is 1.88. The first kappa shape index (κ1) is 7.18. The highest BCUT2D eigenvalue weighted by Gasteiger charge is 1.79. The standard InChI is InChI=1S/C5H12NSi/c1-6-4-2-3-5-7/h6H,2-5H2,1H3. The molecular formula is C5H12NSi. The van der Waals surface area contributed by atoms with E-state index in [4.69, 9.17) is 0 Å². The van der Waals surface area contributed by atoms with Crippen molar-refractivity contribution in [2.75, 3.05) is 13.6 Å². The number of unbranched alkanes of at least 4 members (excludes halogenated alkanes) is 1. The molecule has 1 N–H and O–H groups in total. The molecule has 0 unspecified atom stereocenters. The van der Waals surface area contributed by atoms with Crippen molar-refractivity contribution in [2.45, 2.75) is 18.9 Å². The molecule has 0 spiro atoms. The Morgan fingerprint density at radius 3 is 2.57 bits per heavy atom. The van der Waals surface area contributed by atoms with Crippen molar-refractivity contribution in [1.29, 1.82) is 0 Å². The van der Waals surface area contributed by atoms with Gasteiger partial charge in [0.15, 0.2) is 0 Å². The minimum atomic E-state index is 1.13. The molecule has 0 fully saturated rings. The fourth-order valence-corrected chi connectivity index (χ4v) is 0.677. The van der Waals surface area contributed by atoms with E-state index in [0.717, 1.165) is 12.6 Å². The Hall–Kier alpha value is 0.177. The predicted molar refractivity (Wildman–Crippen MR) is 33.7 cm³/mol. The molecule has 0 aliphatic heterocycles. The van der Waals surface area contributed by atoms with Gasteiger partial charge < -0.3 is 5.32 Å². The molecule has 0 aliphatic rings. The van der Waals surface area contributed by atoms with Crippen LogP contribution in [0, 0.1) is 0 Å². The third-order valence-electron chi connectivity index (χ3n) is 0.854. The molecular weight excluding hydrogens is 102 g/mol. The molecule has 0 aromatic carbocycles. The second-order valence-corrected chi connectivity index (χ2v) is 2.06. The van der Waals surface area contributed by atoms with Crippen molar-refractivity contribution in [1.82, 2.24) is 5.32 Å². The summed E-state index contributed by atoms with van der Waals surface area (Å²) in [5, 5.41) is 3.08. The van der Waals surface area contributed by atoms with Gasteiger partial charge in [-0.3, -0.25) is 0 Å². The zero-order valence-corrected chi connectivity index (χ0v) is 5.83. The SMILES string of the molecule is CNCCCC[Si]. The third-order valence-corrected chi connectivity index (χ3v) is 1.21. The van der Waals surface area contributed by atoms with Gasteiger partial charge in [-0.2, -0.15) is 0 Å². The summed E-state index contributed by atoms with van der Waals surface area (Å²) in [5.41, 5.74) is 0. The maximum atomic E-state index is 3.39. The quantitative estimate of drug-likeness (QED) is 0.416. The number of hydrogen-bond donors (Lipinski definition) is 1. The normalized spacial score (nSPS) is 9.43. The third kappa shape index (κ3) is 6.18. The topological polar surface area (TPSA) is 12.0 Å². The van der Waals surface area contributed by atoms with Crippen molar-refractivity contribution in [2.24, 2.45) is 0 Å². The second-order valence-electron chi connectivity index (χ2n) is 1.56. The lowest BCUT2D eigenvalue weighted by molar-refractivity contribution is 0.710. The molecule has 0 aromatic rings. The first-order valence-corrected chi connectivity index (χ1v) is 3.41. The molecule has 7 heavy (non-hydrogen) atoms. The number of rotatable bonds is 4. The lowest BCUT2D eigenvalue weighted by Gasteiger charge is -1.93. The van der Waals surface area contributed by atoms with E-state index in [9.17, 15) is 0 Å². The van der Waals surface area contributed by atoms with Crippen LogP contribution in [0.5, 0.6) is 0 Å². The van der Waals surface area contributed by atoms with Gasteiger partial charge in [0.1, 0.15) is 0 Å². The molecule has 3 radical (unpaired) electrons.